The molecule has 0 aliphatic heterocycles. The Hall–Kier alpha value is -1.56. The molecule has 0 radical (unpaired) electrons. The van der Waals surface area contributed by atoms with Gasteiger partial charge in [0.05, 0.1) is 0 Å². The third-order valence-corrected chi connectivity index (χ3v) is 2.91. The Kier molecular flexibility index (Phi) is 1.35. The van der Waals surface area contributed by atoms with Gasteiger partial charge >= 0.3 is 0 Å². The van der Waals surface area contributed by atoms with Crippen molar-refractivity contribution >= 4 is 0 Å². The van der Waals surface area contributed by atoms with E-state index >= 15 is 0 Å². The zero-order chi connectivity index (χ0) is 12.2. The van der Waals surface area contributed by atoms with Crippen molar-refractivity contribution in [1.29, 1.82) is 0 Å². The Morgan fingerprint density at radius 1 is 0.867 bits per heavy atom. The van der Waals surface area contributed by atoms with Crippen LogP contribution in [0.2, 0.25) is 0 Å². The van der Waals surface area contributed by atoms with Crippen molar-refractivity contribution in [3.8, 4) is 11.1 Å². The molecule has 0 heterocycles. The molecule has 0 spiro atoms. The molecule has 2 aromatic carbocycles. The molecule has 0 saturated heterocycles. The quantitative estimate of drug-likeness (QED) is 0.600. The molecule has 1 aliphatic carbocycles. The highest BCUT2D eigenvalue weighted by Gasteiger charge is 2.17. The average molecular weight is 196 g/mol. The molecule has 0 fully saturated rings. The first-order chi connectivity index (χ1) is 8.00. The molecule has 0 unspecified atom stereocenters. The summed E-state index contributed by atoms with van der Waals surface area (Å²) in [5.74, 6) is 0. The third kappa shape index (κ3) is 1.29. The maximum absolute atomic E-state index is 8.31. The smallest absolute Gasteiger partial charge is 0.0366 e. The molecule has 2 aromatic rings. The van der Waals surface area contributed by atoms with Gasteiger partial charge in [0, 0.05) is 2.74 Å². The summed E-state index contributed by atoms with van der Waals surface area (Å²) in [4.78, 5) is 0. The zero-order valence-electron chi connectivity index (χ0n) is 11.0. The van der Waals surface area contributed by atoms with E-state index in [2.05, 4.69) is 0 Å². The minimum Gasteiger partial charge on any atom is -0.0587 e. The van der Waals surface area contributed by atoms with E-state index in [0.717, 1.165) is 33.4 Å². The fourth-order valence-electron chi connectivity index (χ4n) is 2.14. The summed E-state index contributed by atoms with van der Waals surface area (Å²) in [6, 6.07) is 12.1. The van der Waals surface area contributed by atoms with Crippen molar-refractivity contribution in [3.63, 3.8) is 0 Å². The minimum atomic E-state index is -1.36. The van der Waals surface area contributed by atoms with E-state index in [1.807, 2.05) is 50.2 Å². The van der Waals surface area contributed by atoms with E-state index in [9.17, 15) is 0 Å². The van der Waals surface area contributed by atoms with Gasteiger partial charge < -0.3 is 0 Å². The van der Waals surface area contributed by atoms with E-state index in [1.54, 1.807) is 0 Å². The van der Waals surface area contributed by atoms with Crippen LogP contribution in [0.15, 0.2) is 36.4 Å². The third-order valence-electron chi connectivity index (χ3n) is 2.91. The highest BCUT2D eigenvalue weighted by molar-refractivity contribution is 5.77. The average Bonchev–Trinajstić information content (AvgIpc) is 2.49. The molecule has 0 N–H and O–H groups in total. The lowest BCUT2D eigenvalue weighted by Crippen LogP contribution is -1.81. The maximum Gasteiger partial charge on any atom is 0.0366 e. The number of hydrogen-bond acceptors (Lipinski definition) is 0. The predicted molar refractivity (Wildman–Crippen MR) is 64.2 cm³/mol. The lowest BCUT2D eigenvalue weighted by atomic mass is 10.0. The van der Waals surface area contributed by atoms with Gasteiger partial charge in [-0.15, -0.1) is 0 Å². The summed E-state index contributed by atoms with van der Waals surface area (Å²) in [6.07, 6.45) is -1.36. The topological polar surface area (TPSA) is 0 Å². The van der Waals surface area contributed by atoms with Crippen LogP contribution in [0.4, 0.5) is 0 Å². The Balaban J connectivity index is 2.37. The highest BCUT2D eigenvalue weighted by Crippen LogP contribution is 2.37. The Labute approximate surface area is 93.4 Å². The molecule has 15 heavy (non-hydrogen) atoms. The van der Waals surface area contributed by atoms with Crippen molar-refractivity contribution in [2.24, 2.45) is 0 Å². The second kappa shape index (κ2) is 2.96. The Morgan fingerprint density at radius 2 is 1.33 bits per heavy atom. The molecule has 3 rings (SSSR count). The van der Waals surface area contributed by atoms with Crippen molar-refractivity contribution in [2.45, 2.75) is 20.2 Å². The molecule has 74 valence electrons. The molecule has 0 heteroatoms. The first-order valence-electron chi connectivity index (χ1n) is 6.23. The van der Waals surface area contributed by atoms with Crippen LogP contribution in [-0.4, -0.2) is 0 Å². The van der Waals surface area contributed by atoms with Crippen LogP contribution in [0.25, 0.3) is 11.1 Å². The molecular formula is C15H14. The summed E-state index contributed by atoms with van der Waals surface area (Å²) >= 11 is 0. The number of fused-ring (bicyclic) bond motifs is 3. The summed E-state index contributed by atoms with van der Waals surface area (Å²) in [5.41, 5.74) is 5.90. The molecule has 0 saturated carbocycles. The maximum atomic E-state index is 8.31. The number of rotatable bonds is 0. The van der Waals surface area contributed by atoms with Gasteiger partial charge in [-0.2, -0.15) is 0 Å². The number of aryl methyl sites for hydroxylation is 2. The lowest BCUT2D eigenvalue weighted by molar-refractivity contribution is 1.24. The Bertz CT molecular complexity index is 559. The minimum absolute atomic E-state index is 0.804. The monoisotopic (exact) mass is 196 g/mol. The molecule has 0 aromatic heterocycles. The predicted octanol–water partition coefficient (Wildman–Crippen LogP) is 3.87. The van der Waals surface area contributed by atoms with Gasteiger partial charge in [-0.25, -0.2) is 0 Å². The van der Waals surface area contributed by atoms with Gasteiger partial charge in [0.2, 0.25) is 0 Å². The van der Waals surface area contributed by atoms with E-state index in [1.165, 1.54) is 0 Å². The molecule has 0 atom stereocenters. The summed E-state index contributed by atoms with van der Waals surface area (Å²) in [5, 5.41) is 0. The fraction of sp³-hybridized carbons (Fsp3) is 0.200. The Morgan fingerprint density at radius 3 is 1.80 bits per heavy atom. The normalized spacial score (nSPS) is 17.7. The van der Waals surface area contributed by atoms with Crippen LogP contribution in [-0.2, 0) is 6.37 Å². The lowest BCUT2D eigenvalue weighted by Gasteiger charge is -2.01. The van der Waals surface area contributed by atoms with Crippen LogP contribution >= 0.6 is 0 Å². The highest BCUT2D eigenvalue weighted by atomic mass is 14.2. The number of benzene rings is 2. The fourth-order valence-corrected chi connectivity index (χ4v) is 2.14. The first kappa shape index (κ1) is 6.84. The van der Waals surface area contributed by atoms with Gasteiger partial charge in [-0.05, 0) is 42.5 Å². The molecule has 1 aliphatic rings. The van der Waals surface area contributed by atoms with E-state index in [-0.39, 0.29) is 0 Å². The van der Waals surface area contributed by atoms with Gasteiger partial charge in [0.25, 0.3) is 0 Å². The summed E-state index contributed by atoms with van der Waals surface area (Å²) in [7, 11) is 0. The number of hydrogen-bond donors (Lipinski definition) is 0. The van der Waals surface area contributed by atoms with Crippen LogP contribution in [0, 0.1) is 13.8 Å². The van der Waals surface area contributed by atoms with E-state index < -0.39 is 6.37 Å². The molecule has 0 nitrogen and oxygen atoms in total. The first-order valence-corrected chi connectivity index (χ1v) is 5.23. The van der Waals surface area contributed by atoms with Gasteiger partial charge in [-0.1, -0.05) is 47.5 Å². The van der Waals surface area contributed by atoms with Crippen molar-refractivity contribution < 1.29 is 2.74 Å². The molecular weight excluding hydrogens is 180 g/mol. The van der Waals surface area contributed by atoms with Gasteiger partial charge in [-0.3, -0.25) is 0 Å². The second-order valence-corrected chi connectivity index (χ2v) is 4.22. The van der Waals surface area contributed by atoms with Gasteiger partial charge in [0.1, 0.15) is 0 Å². The van der Waals surface area contributed by atoms with Crippen LogP contribution in [0.3, 0.4) is 0 Å². The van der Waals surface area contributed by atoms with Crippen molar-refractivity contribution in [3.05, 3.63) is 58.7 Å². The van der Waals surface area contributed by atoms with Crippen LogP contribution < -0.4 is 0 Å². The molecule has 0 amide bonds. The van der Waals surface area contributed by atoms with Crippen LogP contribution in [0.5, 0.6) is 0 Å². The standard InChI is InChI=1S/C15H14/c1-10-3-5-14-12(7-10)9-13-8-11(2)4-6-15(13)14/h3-8H,9H2,1-2H3/i9D2. The van der Waals surface area contributed by atoms with Crippen LogP contribution in [0.1, 0.15) is 25.0 Å². The zero-order valence-corrected chi connectivity index (χ0v) is 8.96. The van der Waals surface area contributed by atoms with Gasteiger partial charge in [0.15, 0.2) is 0 Å². The second-order valence-electron chi connectivity index (χ2n) is 4.22. The SMILES string of the molecule is [2H]C1([2H])c2cc(C)ccc2-c2ccc(C)cc21. The van der Waals surface area contributed by atoms with E-state index in [4.69, 9.17) is 2.74 Å². The summed E-state index contributed by atoms with van der Waals surface area (Å²) in [6.45, 7) is 4.01. The van der Waals surface area contributed by atoms with Crippen molar-refractivity contribution in [1.82, 2.24) is 0 Å². The van der Waals surface area contributed by atoms with E-state index in [0.29, 0.717) is 0 Å². The van der Waals surface area contributed by atoms with Crippen molar-refractivity contribution in [2.75, 3.05) is 0 Å². The largest absolute Gasteiger partial charge is 0.0587 e. The summed E-state index contributed by atoms with van der Waals surface area (Å²) < 4.78 is 16.6. The molecule has 0 bridgehead atoms.